The zero-order chi connectivity index (χ0) is 16.5. The normalized spacial score (nSPS) is 13.5. The van der Waals surface area contributed by atoms with Crippen LogP contribution in [-0.4, -0.2) is 29.9 Å². The average Bonchev–Trinajstić information content (AvgIpc) is 2.45. The fraction of sp³-hybridized carbons (Fsp3) is 0.500. The van der Waals surface area contributed by atoms with E-state index in [1.807, 2.05) is 38.1 Å². The van der Waals surface area contributed by atoms with Crippen LogP contribution in [0.3, 0.4) is 0 Å². The molecule has 2 unspecified atom stereocenters. The topological polar surface area (TPSA) is 81.4 Å². The van der Waals surface area contributed by atoms with Gasteiger partial charge in [0.1, 0.15) is 12.4 Å². The Kier molecular flexibility index (Phi) is 7.95. The number of nitrogens with one attached hydrogen (secondary N) is 1. The van der Waals surface area contributed by atoms with Crippen LogP contribution in [0.4, 0.5) is 10.5 Å². The van der Waals surface area contributed by atoms with Crippen molar-refractivity contribution in [3.63, 3.8) is 0 Å². The Hall–Kier alpha value is -1.56. The second-order valence-corrected chi connectivity index (χ2v) is 6.22. The van der Waals surface area contributed by atoms with Crippen molar-refractivity contribution in [3.05, 3.63) is 29.8 Å². The molecule has 0 heterocycles. The van der Waals surface area contributed by atoms with Crippen molar-refractivity contribution in [2.24, 2.45) is 11.7 Å². The number of halogens is 1. The first-order chi connectivity index (χ1) is 10.5. The van der Waals surface area contributed by atoms with Crippen LogP contribution in [0.15, 0.2) is 24.3 Å². The minimum absolute atomic E-state index is 0.112. The van der Waals surface area contributed by atoms with Crippen molar-refractivity contribution in [3.8, 4) is 0 Å². The predicted molar refractivity (Wildman–Crippen MR) is 91.3 cm³/mol. The van der Waals surface area contributed by atoms with Gasteiger partial charge in [0.25, 0.3) is 0 Å². The molecular weight excluding hydrogens is 348 g/mol. The average molecular weight is 371 g/mol. The van der Waals surface area contributed by atoms with Gasteiger partial charge in [-0.1, -0.05) is 41.9 Å². The highest BCUT2D eigenvalue weighted by Gasteiger charge is 2.27. The van der Waals surface area contributed by atoms with E-state index in [0.29, 0.717) is 0 Å². The van der Waals surface area contributed by atoms with Crippen LogP contribution in [0.5, 0.6) is 0 Å². The molecule has 1 amide bonds. The van der Waals surface area contributed by atoms with Crippen molar-refractivity contribution >= 4 is 34.0 Å². The number of aldehydes is 1. The Labute approximate surface area is 139 Å². The van der Waals surface area contributed by atoms with Crippen molar-refractivity contribution in [1.82, 2.24) is 0 Å². The molecule has 0 aliphatic rings. The van der Waals surface area contributed by atoms with E-state index in [1.54, 1.807) is 0 Å². The Morgan fingerprint density at radius 2 is 2.00 bits per heavy atom. The summed E-state index contributed by atoms with van der Waals surface area (Å²) in [6.07, 6.45) is 0.362. The number of ether oxygens (including phenoxy) is 1. The number of aryl methyl sites for hydroxylation is 1. The van der Waals surface area contributed by atoms with Gasteiger partial charge < -0.3 is 20.6 Å². The number of hydrogen-bond donors (Lipinski definition) is 2. The van der Waals surface area contributed by atoms with Gasteiger partial charge in [-0.15, -0.1) is 0 Å². The van der Waals surface area contributed by atoms with Gasteiger partial charge >= 0.3 is 6.09 Å². The molecule has 5 nitrogen and oxygen atoms in total. The van der Waals surface area contributed by atoms with Gasteiger partial charge in [0.2, 0.25) is 0 Å². The van der Waals surface area contributed by atoms with E-state index in [4.69, 9.17) is 10.5 Å². The first-order valence-corrected chi connectivity index (χ1v) is 8.41. The molecule has 6 heteroatoms. The van der Waals surface area contributed by atoms with Crippen molar-refractivity contribution in [2.75, 3.05) is 10.6 Å². The standard InChI is InChI=1S/C16H23BrN2O3/c1-11(2)15(14(8-10-20)22-16(18)21)19-13-5-3-12(4-6-13)7-9-17/h3-6,10-11,14-15,19H,7-9H2,1-2H3,(H2,18,21). The Bertz CT molecular complexity index is 477. The molecule has 1 aromatic rings. The van der Waals surface area contributed by atoms with Gasteiger partial charge in [-0.3, -0.25) is 0 Å². The molecule has 0 saturated carbocycles. The van der Waals surface area contributed by atoms with Crippen molar-refractivity contribution in [1.29, 1.82) is 0 Å². The molecule has 0 fully saturated rings. The quantitative estimate of drug-likeness (QED) is 0.516. The molecule has 122 valence electrons. The maximum Gasteiger partial charge on any atom is 0.404 e. The zero-order valence-corrected chi connectivity index (χ0v) is 14.5. The van der Waals surface area contributed by atoms with E-state index in [1.165, 1.54) is 5.56 Å². The Morgan fingerprint density at radius 1 is 1.36 bits per heavy atom. The third kappa shape index (κ3) is 6.05. The molecule has 0 radical (unpaired) electrons. The van der Waals surface area contributed by atoms with E-state index in [-0.39, 0.29) is 18.4 Å². The third-order valence-electron chi connectivity index (χ3n) is 3.39. The number of alkyl halides is 1. The maximum absolute atomic E-state index is 11.0. The van der Waals surface area contributed by atoms with Crippen LogP contribution >= 0.6 is 15.9 Å². The number of hydrogen-bond acceptors (Lipinski definition) is 4. The third-order valence-corrected chi connectivity index (χ3v) is 3.78. The summed E-state index contributed by atoms with van der Waals surface area (Å²) in [5.74, 6) is 0.159. The zero-order valence-electron chi connectivity index (χ0n) is 12.9. The molecule has 1 rings (SSSR count). The van der Waals surface area contributed by atoms with E-state index >= 15 is 0 Å². The SMILES string of the molecule is CC(C)C(Nc1ccc(CCBr)cc1)C(CC=O)OC(N)=O. The van der Waals surface area contributed by atoms with E-state index < -0.39 is 12.2 Å². The number of primary amides is 1. The van der Waals surface area contributed by atoms with Crippen LogP contribution in [0, 0.1) is 5.92 Å². The number of anilines is 1. The lowest BCUT2D eigenvalue weighted by molar-refractivity contribution is -0.109. The molecule has 1 aromatic carbocycles. The minimum Gasteiger partial charge on any atom is -0.444 e. The molecule has 22 heavy (non-hydrogen) atoms. The summed E-state index contributed by atoms with van der Waals surface area (Å²) in [5.41, 5.74) is 7.25. The van der Waals surface area contributed by atoms with Crippen LogP contribution < -0.4 is 11.1 Å². The predicted octanol–water partition coefficient (Wildman–Crippen LogP) is 3.11. The monoisotopic (exact) mass is 370 g/mol. The summed E-state index contributed by atoms with van der Waals surface area (Å²) < 4.78 is 5.09. The van der Waals surface area contributed by atoms with Gasteiger partial charge in [0, 0.05) is 17.4 Å². The highest BCUT2D eigenvalue weighted by Crippen LogP contribution is 2.20. The van der Waals surface area contributed by atoms with Crippen molar-refractivity contribution < 1.29 is 14.3 Å². The highest BCUT2D eigenvalue weighted by atomic mass is 79.9. The largest absolute Gasteiger partial charge is 0.444 e. The number of amides is 1. The number of benzene rings is 1. The van der Waals surface area contributed by atoms with Crippen LogP contribution in [0.1, 0.15) is 25.8 Å². The highest BCUT2D eigenvalue weighted by molar-refractivity contribution is 9.09. The smallest absolute Gasteiger partial charge is 0.404 e. The lowest BCUT2D eigenvalue weighted by atomic mass is 9.96. The molecular formula is C16H23BrN2O3. The molecule has 3 N–H and O–H groups in total. The number of nitrogens with two attached hydrogens (primary N) is 1. The summed E-state index contributed by atoms with van der Waals surface area (Å²) in [4.78, 5) is 21.9. The first kappa shape index (κ1) is 18.5. The first-order valence-electron chi connectivity index (χ1n) is 7.29. The summed E-state index contributed by atoms with van der Waals surface area (Å²) >= 11 is 3.41. The van der Waals surface area contributed by atoms with Gasteiger partial charge in [0.15, 0.2) is 0 Å². The molecule has 0 aliphatic heterocycles. The number of carbonyl (C=O) groups excluding carboxylic acids is 2. The lowest BCUT2D eigenvalue weighted by Crippen LogP contribution is -2.42. The fourth-order valence-electron chi connectivity index (χ4n) is 2.27. The maximum atomic E-state index is 11.0. The van der Waals surface area contributed by atoms with Gasteiger partial charge in [-0.2, -0.15) is 0 Å². The molecule has 0 aliphatic carbocycles. The fourth-order valence-corrected chi connectivity index (χ4v) is 2.73. The minimum atomic E-state index is -0.869. The molecule has 0 bridgehead atoms. The molecule has 0 aromatic heterocycles. The molecule has 0 spiro atoms. The second-order valence-electron chi connectivity index (χ2n) is 5.43. The summed E-state index contributed by atoms with van der Waals surface area (Å²) in [7, 11) is 0. The van der Waals surface area contributed by atoms with Gasteiger partial charge in [-0.05, 0) is 30.0 Å². The van der Waals surface area contributed by atoms with Crippen LogP contribution in [0.2, 0.25) is 0 Å². The summed E-state index contributed by atoms with van der Waals surface area (Å²) in [5, 5.41) is 4.25. The molecule has 0 saturated heterocycles. The number of carbonyl (C=O) groups is 2. The second kappa shape index (κ2) is 9.46. The Balaban J connectivity index is 2.84. The van der Waals surface area contributed by atoms with Crippen LogP contribution in [0.25, 0.3) is 0 Å². The summed E-state index contributed by atoms with van der Waals surface area (Å²) in [6.45, 7) is 4.00. The Morgan fingerprint density at radius 3 is 2.45 bits per heavy atom. The van der Waals surface area contributed by atoms with Crippen molar-refractivity contribution in [2.45, 2.75) is 38.8 Å². The van der Waals surface area contributed by atoms with E-state index in [2.05, 4.69) is 21.2 Å². The number of rotatable bonds is 9. The summed E-state index contributed by atoms with van der Waals surface area (Å²) in [6, 6.07) is 7.86. The van der Waals surface area contributed by atoms with Crippen LogP contribution in [-0.2, 0) is 16.0 Å². The van der Waals surface area contributed by atoms with E-state index in [9.17, 15) is 9.59 Å². The van der Waals surface area contributed by atoms with Gasteiger partial charge in [0.05, 0.1) is 6.04 Å². The lowest BCUT2D eigenvalue weighted by Gasteiger charge is -2.30. The molecule has 2 atom stereocenters. The van der Waals surface area contributed by atoms with Gasteiger partial charge in [-0.25, -0.2) is 4.79 Å². The van der Waals surface area contributed by atoms with E-state index in [0.717, 1.165) is 23.7 Å².